The van der Waals surface area contributed by atoms with Crippen molar-refractivity contribution >= 4 is 45.9 Å². The SMILES string of the molecule is O=C(CSc1nc2cc(Cl)ccc2c(=O)n1CC1CCCO1)Nc1ccc2c(c1)CCC2. The number of ether oxygens (including phenoxy) is 1. The van der Waals surface area contributed by atoms with Crippen molar-refractivity contribution in [1.29, 1.82) is 0 Å². The molecule has 0 bridgehead atoms. The van der Waals surface area contributed by atoms with Crippen LogP contribution in [-0.4, -0.2) is 33.9 Å². The van der Waals surface area contributed by atoms with Gasteiger partial charge in [0.05, 0.1) is 29.3 Å². The molecule has 0 saturated carbocycles. The Bertz CT molecular complexity index is 1240. The number of amides is 1. The van der Waals surface area contributed by atoms with E-state index >= 15 is 0 Å². The summed E-state index contributed by atoms with van der Waals surface area (Å²) in [6.07, 6.45) is 5.23. The minimum atomic E-state index is -0.135. The summed E-state index contributed by atoms with van der Waals surface area (Å²) in [5, 5.41) is 4.51. The number of hydrogen-bond acceptors (Lipinski definition) is 5. The normalized spacial score (nSPS) is 17.6. The number of anilines is 1. The summed E-state index contributed by atoms with van der Waals surface area (Å²) in [4.78, 5) is 30.5. The van der Waals surface area contributed by atoms with E-state index in [0.29, 0.717) is 34.2 Å². The van der Waals surface area contributed by atoms with Gasteiger partial charge in [-0.2, -0.15) is 0 Å². The van der Waals surface area contributed by atoms with Gasteiger partial charge < -0.3 is 10.1 Å². The molecule has 6 nitrogen and oxygen atoms in total. The van der Waals surface area contributed by atoms with Crippen molar-refractivity contribution in [2.24, 2.45) is 0 Å². The molecule has 0 radical (unpaired) electrons. The average molecular weight is 470 g/mol. The minimum absolute atomic E-state index is 0.0150. The number of halogens is 1. The zero-order chi connectivity index (χ0) is 22.1. The second-order valence-corrected chi connectivity index (χ2v) is 9.66. The quantitative estimate of drug-likeness (QED) is 0.426. The van der Waals surface area contributed by atoms with Crippen LogP contribution in [0, 0.1) is 0 Å². The summed E-state index contributed by atoms with van der Waals surface area (Å²) in [6.45, 7) is 1.14. The summed E-state index contributed by atoms with van der Waals surface area (Å²) in [5.41, 5.74) is 3.89. The monoisotopic (exact) mass is 469 g/mol. The first-order chi connectivity index (χ1) is 15.6. The molecule has 166 valence electrons. The molecule has 5 rings (SSSR count). The number of carbonyl (C=O) groups excluding carboxylic acids is 1. The first-order valence-electron chi connectivity index (χ1n) is 10.9. The van der Waals surface area contributed by atoms with Crippen LogP contribution in [0.25, 0.3) is 10.9 Å². The van der Waals surface area contributed by atoms with Crippen LogP contribution < -0.4 is 10.9 Å². The summed E-state index contributed by atoms with van der Waals surface area (Å²) in [5.74, 6) is 0.0262. The van der Waals surface area contributed by atoms with Gasteiger partial charge in [-0.25, -0.2) is 4.98 Å². The van der Waals surface area contributed by atoms with Crippen LogP contribution in [0.4, 0.5) is 5.69 Å². The fourth-order valence-corrected chi connectivity index (χ4v) is 5.39. The van der Waals surface area contributed by atoms with Crippen LogP contribution in [0.1, 0.15) is 30.4 Å². The lowest BCUT2D eigenvalue weighted by molar-refractivity contribution is -0.113. The molecular formula is C24H24ClN3O3S. The molecule has 2 heterocycles. The molecule has 2 aromatic carbocycles. The van der Waals surface area contributed by atoms with Crippen molar-refractivity contribution in [3.63, 3.8) is 0 Å². The van der Waals surface area contributed by atoms with Crippen LogP contribution in [0.3, 0.4) is 0 Å². The predicted molar refractivity (Wildman–Crippen MR) is 128 cm³/mol. The van der Waals surface area contributed by atoms with Crippen LogP contribution in [0.15, 0.2) is 46.3 Å². The number of carbonyl (C=O) groups is 1. The number of rotatable bonds is 6. The summed E-state index contributed by atoms with van der Waals surface area (Å²) >= 11 is 7.38. The molecule has 1 atom stereocenters. The van der Waals surface area contributed by atoms with E-state index in [1.807, 2.05) is 6.07 Å². The Kier molecular flexibility index (Phi) is 6.22. The van der Waals surface area contributed by atoms with Gasteiger partial charge in [-0.1, -0.05) is 29.4 Å². The van der Waals surface area contributed by atoms with E-state index in [2.05, 4.69) is 22.4 Å². The Morgan fingerprint density at radius 2 is 2.06 bits per heavy atom. The van der Waals surface area contributed by atoms with Crippen molar-refractivity contribution < 1.29 is 9.53 Å². The first-order valence-corrected chi connectivity index (χ1v) is 12.3. The molecule has 8 heteroatoms. The zero-order valence-corrected chi connectivity index (χ0v) is 19.2. The predicted octanol–water partition coefficient (Wildman–Crippen LogP) is 4.45. The molecule has 2 aliphatic rings. The molecule has 1 amide bonds. The van der Waals surface area contributed by atoms with E-state index in [1.54, 1.807) is 22.8 Å². The summed E-state index contributed by atoms with van der Waals surface area (Å²) in [6, 6.07) is 11.2. The molecule has 1 fully saturated rings. The number of hydrogen-bond donors (Lipinski definition) is 1. The van der Waals surface area contributed by atoms with E-state index < -0.39 is 0 Å². The van der Waals surface area contributed by atoms with Gasteiger partial charge >= 0.3 is 0 Å². The number of aromatic nitrogens is 2. The molecule has 32 heavy (non-hydrogen) atoms. The lowest BCUT2D eigenvalue weighted by Gasteiger charge is -2.16. The maximum atomic E-state index is 13.2. The maximum Gasteiger partial charge on any atom is 0.262 e. The molecule has 1 saturated heterocycles. The Balaban J connectivity index is 1.37. The fraction of sp³-hybridized carbons (Fsp3) is 0.375. The van der Waals surface area contributed by atoms with Crippen LogP contribution in [0.2, 0.25) is 5.02 Å². The van der Waals surface area contributed by atoms with Crippen molar-refractivity contribution in [3.8, 4) is 0 Å². The standard InChI is InChI=1S/C24H24ClN3O3S/c25-17-7-9-20-21(12-17)27-24(28(23(20)30)13-19-5-2-10-31-19)32-14-22(29)26-18-8-6-15-3-1-4-16(15)11-18/h6-9,11-12,19H,1-5,10,13-14H2,(H,26,29). The Labute approximate surface area is 195 Å². The summed E-state index contributed by atoms with van der Waals surface area (Å²) in [7, 11) is 0. The van der Waals surface area contributed by atoms with Gasteiger partial charge in [-0.05, 0) is 73.6 Å². The molecule has 1 unspecified atom stereocenters. The lowest BCUT2D eigenvalue weighted by Crippen LogP contribution is -2.29. The third kappa shape index (κ3) is 4.56. The number of aryl methyl sites for hydroxylation is 2. The van der Waals surface area contributed by atoms with E-state index in [-0.39, 0.29) is 23.3 Å². The highest BCUT2D eigenvalue weighted by Gasteiger charge is 2.21. The zero-order valence-electron chi connectivity index (χ0n) is 17.6. The lowest BCUT2D eigenvalue weighted by atomic mass is 10.1. The van der Waals surface area contributed by atoms with Crippen molar-refractivity contribution in [3.05, 3.63) is 62.9 Å². The largest absolute Gasteiger partial charge is 0.376 e. The maximum absolute atomic E-state index is 13.2. The van der Waals surface area contributed by atoms with Gasteiger partial charge in [0.1, 0.15) is 0 Å². The van der Waals surface area contributed by atoms with Gasteiger partial charge in [-0.15, -0.1) is 0 Å². The first kappa shape index (κ1) is 21.5. The summed E-state index contributed by atoms with van der Waals surface area (Å²) < 4.78 is 7.38. The Hall–Kier alpha value is -2.35. The average Bonchev–Trinajstić information content (AvgIpc) is 3.46. The molecule has 1 aliphatic heterocycles. The van der Waals surface area contributed by atoms with E-state index in [9.17, 15) is 9.59 Å². The van der Waals surface area contributed by atoms with Gasteiger partial charge in [0.25, 0.3) is 5.56 Å². The molecule has 3 aromatic rings. The van der Waals surface area contributed by atoms with Crippen LogP contribution >= 0.6 is 23.4 Å². The topological polar surface area (TPSA) is 73.2 Å². The van der Waals surface area contributed by atoms with E-state index in [1.165, 1.54) is 29.3 Å². The fourth-order valence-electron chi connectivity index (χ4n) is 4.41. The Morgan fingerprint density at radius 3 is 2.91 bits per heavy atom. The van der Waals surface area contributed by atoms with E-state index in [0.717, 1.165) is 31.4 Å². The van der Waals surface area contributed by atoms with Gasteiger partial charge in [0.2, 0.25) is 5.91 Å². The number of fused-ring (bicyclic) bond motifs is 2. The molecular weight excluding hydrogens is 446 g/mol. The molecule has 1 aromatic heterocycles. The van der Waals surface area contributed by atoms with Crippen molar-refractivity contribution in [2.45, 2.75) is 49.9 Å². The van der Waals surface area contributed by atoms with Gasteiger partial charge in [0.15, 0.2) is 5.16 Å². The highest BCUT2D eigenvalue weighted by molar-refractivity contribution is 7.99. The number of benzene rings is 2. The third-order valence-electron chi connectivity index (χ3n) is 6.01. The Morgan fingerprint density at radius 1 is 1.19 bits per heavy atom. The van der Waals surface area contributed by atoms with Crippen molar-refractivity contribution in [2.75, 3.05) is 17.7 Å². The molecule has 1 N–H and O–H groups in total. The van der Waals surface area contributed by atoms with E-state index in [4.69, 9.17) is 16.3 Å². The van der Waals surface area contributed by atoms with Gasteiger partial charge in [0, 0.05) is 17.3 Å². The smallest absolute Gasteiger partial charge is 0.262 e. The highest BCUT2D eigenvalue weighted by Crippen LogP contribution is 2.26. The second-order valence-electron chi connectivity index (χ2n) is 8.28. The second kappa shape index (κ2) is 9.25. The van der Waals surface area contributed by atoms with Gasteiger partial charge in [-0.3, -0.25) is 14.2 Å². The number of nitrogens with zero attached hydrogens (tertiary/aromatic N) is 2. The van der Waals surface area contributed by atoms with Crippen LogP contribution in [-0.2, 0) is 28.9 Å². The minimum Gasteiger partial charge on any atom is -0.376 e. The van der Waals surface area contributed by atoms with Crippen molar-refractivity contribution in [1.82, 2.24) is 9.55 Å². The molecule has 1 aliphatic carbocycles. The number of thioether (sulfide) groups is 1. The van der Waals surface area contributed by atoms with Crippen LogP contribution in [0.5, 0.6) is 0 Å². The third-order valence-corrected chi connectivity index (χ3v) is 7.22. The number of nitrogens with one attached hydrogen (secondary N) is 1. The highest BCUT2D eigenvalue weighted by atomic mass is 35.5. The molecule has 0 spiro atoms.